The Balaban J connectivity index is 3.69. The molecular weight excluding hydrogens is 152 g/mol. The highest BCUT2D eigenvalue weighted by molar-refractivity contribution is 5.86. The van der Waals surface area contributed by atoms with Gasteiger partial charge in [0.2, 0.25) is 0 Å². The lowest BCUT2D eigenvalue weighted by Crippen LogP contribution is -2.15. The lowest BCUT2D eigenvalue weighted by atomic mass is 9.99. The molecule has 0 spiro atoms. The molecule has 0 aliphatic heterocycles. The summed E-state index contributed by atoms with van der Waals surface area (Å²) in [6.07, 6.45) is 0. The third-order valence-electron chi connectivity index (χ3n) is 1.80. The van der Waals surface area contributed by atoms with E-state index in [0.717, 1.165) is 0 Å². The van der Waals surface area contributed by atoms with Gasteiger partial charge in [0.1, 0.15) is 0 Å². The molecule has 1 unspecified atom stereocenters. The standard InChI is InChI=1S/C10H17O2/c1-7(2)9(5)6-12-10(11)8(3)4/h9H,3,6H2,1-2,4-5H3. The van der Waals surface area contributed by atoms with E-state index >= 15 is 0 Å². The van der Waals surface area contributed by atoms with Crippen LogP contribution in [0.5, 0.6) is 0 Å². The van der Waals surface area contributed by atoms with Crippen molar-refractivity contribution in [1.29, 1.82) is 0 Å². The average molecular weight is 169 g/mol. The first kappa shape index (κ1) is 11.2. The van der Waals surface area contributed by atoms with Crippen LogP contribution >= 0.6 is 0 Å². The van der Waals surface area contributed by atoms with Crippen LogP contribution in [0.3, 0.4) is 0 Å². The molecule has 0 aromatic rings. The van der Waals surface area contributed by atoms with Crippen LogP contribution in [-0.2, 0) is 9.53 Å². The number of hydrogen-bond donors (Lipinski definition) is 0. The van der Waals surface area contributed by atoms with Gasteiger partial charge in [0, 0.05) is 5.57 Å². The summed E-state index contributed by atoms with van der Waals surface area (Å²) in [7, 11) is 0. The van der Waals surface area contributed by atoms with Gasteiger partial charge in [-0.15, -0.1) is 0 Å². The van der Waals surface area contributed by atoms with Crippen LogP contribution in [0.25, 0.3) is 0 Å². The molecular formula is C10H17O2. The van der Waals surface area contributed by atoms with Gasteiger partial charge in [-0.05, 0) is 18.8 Å². The van der Waals surface area contributed by atoms with Crippen molar-refractivity contribution in [3.8, 4) is 0 Å². The fourth-order valence-electron chi connectivity index (χ4n) is 0.491. The van der Waals surface area contributed by atoms with Crippen molar-refractivity contribution in [2.75, 3.05) is 6.61 Å². The molecule has 12 heavy (non-hydrogen) atoms. The molecule has 0 rings (SSSR count). The number of esters is 1. The Kier molecular flexibility index (Phi) is 4.64. The van der Waals surface area contributed by atoms with Crippen LogP contribution in [0.2, 0.25) is 0 Å². The number of ether oxygens (including phenoxy) is 1. The maximum atomic E-state index is 10.9. The van der Waals surface area contributed by atoms with E-state index in [1.807, 2.05) is 20.8 Å². The summed E-state index contributed by atoms with van der Waals surface area (Å²) in [5, 5.41) is 0. The molecule has 0 heterocycles. The summed E-state index contributed by atoms with van der Waals surface area (Å²) in [5.74, 6) is 1.29. The molecule has 1 radical (unpaired) electrons. The topological polar surface area (TPSA) is 26.3 Å². The predicted octanol–water partition coefficient (Wildman–Crippen LogP) is 2.36. The number of carbonyl (C=O) groups excluding carboxylic acids is 1. The minimum absolute atomic E-state index is 0.303. The Bertz CT molecular complexity index is 171. The van der Waals surface area contributed by atoms with E-state index in [1.54, 1.807) is 6.92 Å². The van der Waals surface area contributed by atoms with Crippen molar-refractivity contribution in [2.45, 2.75) is 27.7 Å². The maximum Gasteiger partial charge on any atom is 0.333 e. The summed E-state index contributed by atoms with van der Waals surface area (Å²) in [4.78, 5) is 10.9. The summed E-state index contributed by atoms with van der Waals surface area (Å²) < 4.78 is 4.97. The lowest BCUT2D eigenvalue weighted by molar-refractivity contribution is -0.139. The van der Waals surface area contributed by atoms with Crippen molar-refractivity contribution >= 4 is 5.97 Å². The largest absolute Gasteiger partial charge is 0.462 e. The van der Waals surface area contributed by atoms with Gasteiger partial charge < -0.3 is 4.74 Å². The molecule has 0 fully saturated rings. The van der Waals surface area contributed by atoms with Gasteiger partial charge >= 0.3 is 5.97 Å². The molecule has 0 N–H and O–H groups in total. The van der Waals surface area contributed by atoms with Crippen LogP contribution < -0.4 is 0 Å². The van der Waals surface area contributed by atoms with E-state index in [2.05, 4.69) is 6.58 Å². The number of rotatable bonds is 4. The molecule has 0 bridgehead atoms. The van der Waals surface area contributed by atoms with Gasteiger partial charge in [0.15, 0.2) is 0 Å². The molecule has 1 atom stereocenters. The van der Waals surface area contributed by atoms with Crippen LogP contribution in [0.15, 0.2) is 12.2 Å². The average Bonchev–Trinajstić information content (AvgIpc) is 1.98. The van der Waals surface area contributed by atoms with Gasteiger partial charge in [0.05, 0.1) is 6.61 Å². The molecule has 0 aliphatic rings. The molecule has 2 nitrogen and oxygen atoms in total. The monoisotopic (exact) mass is 169 g/mol. The zero-order chi connectivity index (χ0) is 9.72. The normalized spacial score (nSPS) is 12.8. The zero-order valence-corrected chi connectivity index (χ0v) is 8.31. The highest BCUT2D eigenvalue weighted by Crippen LogP contribution is 2.12. The third kappa shape index (κ3) is 4.16. The highest BCUT2D eigenvalue weighted by Gasteiger charge is 2.10. The SMILES string of the molecule is C=C(C)C(=O)OCC(C)[C](C)C. The molecule has 0 aromatic carbocycles. The Morgan fingerprint density at radius 3 is 2.25 bits per heavy atom. The predicted molar refractivity (Wildman–Crippen MR) is 49.5 cm³/mol. The smallest absolute Gasteiger partial charge is 0.333 e. The summed E-state index contributed by atoms with van der Waals surface area (Å²) in [6, 6.07) is 0. The first-order chi connectivity index (χ1) is 5.45. The van der Waals surface area contributed by atoms with Crippen molar-refractivity contribution < 1.29 is 9.53 Å². The first-order valence-corrected chi connectivity index (χ1v) is 4.07. The molecule has 0 saturated carbocycles. The van der Waals surface area contributed by atoms with E-state index in [0.29, 0.717) is 18.1 Å². The Hall–Kier alpha value is -0.790. The molecule has 0 aromatic heterocycles. The summed E-state index contributed by atoms with van der Waals surface area (Å²) in [5.41, 5.74) is 0.455. The Morgan fingerprint density at radius 2 is 1.92 bits per heavy atom. The van der Waals surface area contributed by atoms with Crippen molar-refractivity contribution in [1.82, 2.24) is 0 Å². The van der Waals surface area contributed by atoms with Gasteiger partial charge in [-0.25, -0.2) is 4.79 Å². The lowest BCUT2D eigenvalue weighted by Gasteiger charge is -2.14. The second-order valence-corrected chi connectivity index (χ2v) is 3.36. The van der Waals surface area contributed by atoms with Gasteiger partial charge in [-0.3, -0.25) is 0 Å². The van der Waals surface area contributed by atoms with E-state index in [-0.39, 0.29) is 5.97 Å². The number of carbonyl (C=O) groups is 1. The van der Waals surface area contributed by atoms with Crippen LogP contribution in [0.1, 0.15) is 27.7 Å². The quantitative estimate of drug-likeness (QED) is 0.477. The van der Waals surface area contributed by atoms with Gasteiger partial charge in [-0.2, -0.15) is 0 Å². The third-order valence-corrected chi connectivity index (χ3v) is 1.80. The van der Waals surface area contributed by atoms with E-state index in [9.17, 15) is 4.79 Å². The molecule has 0 aliphatic carbocycles. The van der Waals surface area contributed by atoms with E-state index in [1.165, 1.54) is 5.92 Å². The van der Waals surface area contributed by atoms with Gasteiger partial charge in [-0.1, -0.05) is 27.4 Å². The Labute approximate surface area is 74.6 Å². The first-order valence-electron chi connectivity index (χ1n) is 4.07. The molecule has 0 amide bonds. The minimum Gasteiger partial charge on any atom is -0.462 e. The highest BCUT2D eigenvalue weighted by atomic mass is 16.5. The molecule has 0 saturated heterocycles. The van der Waals surface area contributed by atoms with Crippen LogP contribution in [-0.4, -0.2) is 12.6 Å². The Morgan fingerprint density at radius 1 is 1.42 bits per heavy atom. The fourth-order valence-corrected chi connectivity index (χ4v) is 0.491. The van der Waals surface area contributed by atoms with Crippen molar-refractivity contribution in [3.63, 3.8) is 0 Å². The zero-order valence-electron chi connectivity index (χ0n) is 8.31. The van der Waals surface area contributed by atoms with Crippen LogP contribution in [0, 0.1) is 11.8 Å². The van der Waals surface area contributed by atoms with Crippen molar-refractivity contribution in [2.24, 2.45) is 5.92 Å². The van der Waals surface area contributed by atoms with Crippen LogP contribution in [0.4, 0.5) is 0 Å². The molecule has 69 valence electrons. The number of hydrogen-bond acceptors (Lipinski definition) is 2. The summed E-state index contributed by atoms with van der Waals surface area (Å²) >= 11 is 0. The van der Waals surface area contributed by atoms with E-state index in [4.69, 9.17) is 4.74 Å². The summed E-state index contributed by atoms with van der Waals surface area (Å²) in [6.45, 7) is 11.7. The van der Waals surface area contributed by atoms with E-state index < -0.39 is 0 Å². The second-order valence-electron chi connectivity index (χ2n) is 3.36. The maximum absolute atomic E-state index is 10.9. The van der Waals surface area contributed by atoms with Crippen molar-refractivity contribution in [3.05, 3.63) is 18.1 Å². The second kappa shape index (κ2) is 4.96. The fraction of sp³-hybridized carbons (Fsp3) is 0.600. The molecule has 2 heteroatoms. The van der Waals surface area contributed by atoms with Gasteiger partial charge in [0.25, 0.3) is 0 Å². The minimum atomic E-state index is -0.303.